The molecule has 0 aromatic carbocycles. The third kappa shape index (κ3) is 1.77. The van der Waals surface area contributed by atoms with Gasteiger partial charge in [-0.2, -0.15) is 5.10 Å². The highest BCUT2D eigenvalue weighted by Crippen LogP contribution is 2.14. The van der Waals surface area contributed by atoms with E-state index in [0.717, 1.165) is 5.56 Å². The molecule has 0 bridgehead atoms. The van der Waals surface area contributed by atoms with Crippen LogP contribution in [0.1, 0.15) is 16.1 Å². The number of nitrogens with zero attached hydrogens (tertiary/aromatic N) is 4. The number of hydrogen-bond acceptors (Lipinski definition) is 4. The van der Waals surface area contributed by atoms with E-state index >= 15 is 0 Å². The second-order valence-corrected chi connectivity index (χ2v) is 3.40. The van der Waals surface area contributed by atoms with Crippen LogP contribution in [0.4, 0.5) is 0 Å². The largest absolute Gasteiger partial charge is 0.478 e. The van der Waals surface area contributed by atoms with E-state index in [-0.39, 0.29) is 5.56 Å². The first kappa shape index (κ1) is 10.3. The molecule has 0 fully saturated rings. The smallest absolute Gasteiger partial charge is 0.339 e. The van der Waals surface area contributed by atoms with Crippen LogP contribution in [0.2, 0.25) is 0 Å². The fourth-order valence-electron chi connectivity index (χ4n) is 1.35. The zero-order valence-electron chi connectivity index (χ0n) is 8.88. The summed E-state index contributed by atoms with van der Waals surface area (Å²) < 4.78 is 1.64. The van der Waals surface area contributed by atoms with Gasteiger partial charge in [0.25, 0.3) is 0 Å². The van der Waals surface area contributed by atoms with Crippen LogP contribution in [-0.2, 0) is 7.05 Å². The number of rotatable bonds is 2. The Hall–Kier alpha value is -2.24. The second-order valence-electron chi connectivity index (χ2n) is 3.40. The maximum Gasteiger partial charge on any atom is 0.339 e. The lowest BCUT2D eigenvalue weighted by Gasteiger charge is -2.01. The van der Waals surface area contributed by atoms with Gasteiger partial charge in [-0.15, -0.1) is 0 Å². The third-order valence-electron chi connectivity index (χ3n) is 2.17. The van der Waals surface area contributed by atoms with Crippen molar-refractivity contribution in [3.8, 4) is 11.4 Å². The van der Waals surface area contributed by atoms with Crippen molar-refractivity contribution in [3.63, 3.8) is 0 Å². The maximum absolute atomic E-state index is 10.8. The van der Waals surface area contributed by atoms with Crippen molar-refractivity contribution in [1.29, 1.82) is 0 Å². The van der Waals surface area contributed by atoms with E-state index in [1.165, 1.54) is 6.20 Å². The van der Waals surface area contributed by atoms with Crippen LogP contribution in [-0.4, -0.2) is 30.8 Å². The van der Waals surface area contributed by atoms with Gasteiger partial charge < -0.3 is 5.11 Å². The number of aryl methyl sites for hydroxylation is 2. The third-order valence-corrected chi connectivity index (χ3v) is 2.17. The van der Waals surface area contributed by atoms with E-state index in [4.69, 9.17) is 5.11 Å². The Morgan fingerprint density at radius 1 is 1.44 bits per heavy atom. The maximum atomic E-state index is 10.8. The van der Waals surface area contributed by atoms with Gasteiger partial charge in [0.15, 0.2) is 5.82 Å². The van der Waals surface area contributed by atoms with Crippen molar-refractivity contribution in [1.82, 2.24) is 19.7 Å². The van der Waals surface area contributed by atoms with Crippen molar-refractivity contribution in [2.45, 2.75) is 6.92 Å². The van der Waals surface area contributed by atoms with Crippen molar-refractivity contribution >= 4 is 5.97 Å². The molecule has 6 heteroatoms. The summed E-state index contributed by atoms with van der Waals surface area (Å²) >= 11 is 0. The van der Waals surface area contributed by atoms with E-state index in [2.05, 4.69) is 15.1 Å². The molecule has 82 valence electrons. The van der Waals surface area contributed by atoms with Crippen LogP contribution in [0.5, 0.6) is 0 Å². The molecule has 2 aromatic rings. The predicted molar refractivity (Wildman–Crippen MR) is 55.9 cm³/mol. The number of aromatic nitrogens is 4. The molecule has 2 heterocycles. The minimum atomic E-state index is -1.02. The van der Waals surface area contributed by atoms with E-state index < -0.39 is 5.97 Å². The summed E-state index contributed by atoms with van der Waals surface area (Å²) in [5.74, 6) is -0.536. The van der Waals surface area contributed by atoms with Gasteiger partial charge in [-0.1, -0.05) is 0 Å². The van der Waals surface area contributed by atoms with Crippen LogP contribution >= 0.6 is 0 Å². The monoisotopic (exact) mass is 218 g/mol. The average molecular weight is 218 g/mol. The second kappa shape index (κ2) is 3.73. The summed E-state index contributed by atoms with van der Waals surface area (Å²) in [7, 11) is 1.79. The molecule has 0 atom stereocenters. The molecule has 2 aromatic heterocycles. The van der Waals surface area contributed by atoms with Gasteiger partial charge in [-0.25, -0.2) is 14.8 Å². The zero-order chi connectivity index (χ0) is 11.7. The first-order chi connectivity index (χ1) is 7.58. The molecule has 0 amide bonds. The number of carboxylic acids is 1. The quantitative estimate of drug-likeness (QED) is 0.809. The summed E-state index contributed by atoms with van der Waals surface area (Å²) in [6, 6.07) is 0. The summed E-state index contributed by atoms with van der Waals surface area (Å²) in [5.41, 5.74) is 1.33. The Morgan fingerprint density at radius 3 is 2.69 bits per heavy atom. The van der Waals surface area contributed by atoms with E-state index in [0.29, 0.717) is 11.5 Å². The normalized spacial score (nSPS) is 10.4. The van der Waals surface area contributed by atoms with Crippen LogP contribution in [0, 0.1) is 6.92 Å². The van der Waals surface area contributed by atoms with E-state index in [1.807, 2.05) is 0 Å². The van der Waals surface area contributed by atoms with Gasteiger partial charge in [0.05, 0.1) is 23.0 Å². The minimum Gasteiger partial charge on any atom is -0.478 e. The van der Waals surface area contributed by atoms with Gasteiger partial charge in [-0.3, -0.25) is 4.68 Å². The Labute approximate surface area is 91.6 Å². The Morgan fingerprint density at radius 2 is 2.19 bits per heavy atom. The highest BCUT2D eigenvalue weighted by Gasteiger charge is 2.11. The highest BCUT2D eigenvalue weighted by molar-refractivity contribution is 5.88. The standard InChI is InChI=1S/C10H10N4O2/c1-6-8(10(15)16)4-11-9(13-6)7-3-12-14(2)5-7/h3-5H,1-2H3,(H,15,16). The van der Waals surface area contributed by atoms with Crippen LogP contribution in [0.3, 0.4) is 0 Å². The number of aromatic carboxylic acids is 1. The number of hydrogen-bond donors (Lipinski definition) is 1. The average Bonchev–Trinajstić information content (AvgIpc) is 2.64. The molecule has 1 N–H and O–H groups in total. The van der Waals surface area contributed by atoms with Gasteiger partial charge >= 0.3 is 5.97 Å². The minimum absolute atomic E-state index is 0.118. The molecule has 0 radical (unpaired) electrons. The molecule has 6 nitrogen and oxygen atoms in total. The molecule has 2 rings (SSSR count). The van der Waals surface area contributed by atoms with Crippen LogP contribution < -0.4 is 0 Å². The van der Waals surface area contributed by atoms with E-state index in [1.54, 1.807) is 31.0 Å². The van der Waals surface area contributed by atoms with E-state index in [9.17, 15) is 4.79 Å². The molecule has 0 unspecified atom stereocenters. The molecule has 16 heavy (non-hydrogen) atoms. The molecule has 0 saturated heterocycles. The summed E-state index contributed by atoms with van der Waals surface area (Å²) in [6.07, 6.45) is 4.72. The fraction of sp³-hybridized carbons (Fsp3) is 0.200. The van der Waals surface area contributed by atoms with Gasteiger partial charge in [0.1, 0.15) is 0 Å². The van der Waals surface area contributed by atoms with Crippen LogP contribution in [0.15, 0.2) is 18.6 Å². The molecule has 0 aliphatic rings. The Kier molecular flexibility index (Phi) is 2.40. The lowest BCUT2D eigenvalue weighted by atomic mass is 10.2. The lowest BCUT2D eigenvalue weighted by Crippen LogP contribution is -2.04. The molecule has 0 spiro atoms. The predicted octanol–water partition coefficient (Wildman–Crippen LogP) is 0.884. The first-order valence-electron chi connectivity index (χ1n) is 4.64. The Bertz CT molecular complexity index is 548. The van der Waals surface area contributed by atoms with Crippen molar-refractivity contribution in [2.24, 2.45) is 7.05 Å². The van der Waals surface area contributed by atoms with Gasteiger partial charge in [-0.05, 0) is 6.92 Å². The van der Waals surface area contributed by atoms with Gasteiger partial charge in [0.2, 0.25) is 0 Å². The zero-order valence-corrected chi connectivity index (χ0v) is 8.88. The number of carboxylic acid groups (broad SMARTS) is 1. The molecular weight excluding hydrogens is 208 g/mol. The lowest BCUT2D eigenvalue weighted by molar-refractivity contribution is 0.0695. The highest BCUT2D eigenvalue weighted by atomic mass is 16.4. The molecule has 0 aliphatic heterocycles. The van der Waals surface area contributed by atoms with Crippen molar-refractivity contribution < 1.29 is 9.90 Å². The summed E-state index contributed by atoms with van der Waals surface area (Å²) in [4.78, 5) is 18.9. The SMILES string of the molecule is Cc1nc(-c2cnn(C)c2)ncc1C(=O)O. The fourth-order valence-corrected chi connectivity index (χ4v) is 1.35. The molecule has 0 aliphatic carbocycles. The van der Waals surface area contributed by atoms with Crippen molar-refractivity contribution in [3.05, 3.63) is 29.8 Å². The Balaban J connectivity index is 2.45. The topological polar surface area (TPSA) is 80.9 Å². The van der Waals surface area contributed by atoms with Crippen LogP contribution in [0.25, 0.3) is 11.4 Å². The van der Waals surface area contributed by atoms with Gasteiger partial charge in [0, 0.05) is 19.4 Å². The van der Waals surface area contributed by atoms with Crippen molar-refractivity contribution in [2.75, 3.05) is 0 Å². The first-order valence-corrected chi connectivity index (χ1v) is 4.64. The summed E-state index contributed by atoms with van der Waals surface area (Å²) in [6.45, 7) is 1.64. The molecular formula is C10H10N4O2. The molecule has 0 saturated carbocycles. The summed E-state index contributed by atoms with van der Waals surface area (Å²) in [5, 5.41) is 12.8. The number of carbonyl (C=O) groups is 1.